The van der Waals surface area contributed by atoms with Crippen LogP contribution in [0.5, 0.6) is 17.5 Å². The molecule has 0 fully saturated rings. The first kappa shape index (κ1) is 18.9. The molecule has 0 aliphatic carbocycles. The van der Waals surface area contributed by atoms with E-state index in [1.807, 2.05) is 45.0 Å². The van der Waals surface area contributed by atoms with Gasteiger partial charge in [-0.05, 0) is 44.9 Å². The molecule has 0 spiro atoms. The van der Waals surface area contributed by atoms with Crippen molar-refractivity contribution in [1.29, 1.82) is 0 Å². The predicted octanol–water partition coefficient (Wildman–Crippen LogP) is 3.25. The van der Waals surface area contributed by atoms with Gasteiger partial charge in [-0.2, -0.15) is 0 Å². The Morgan fingerprint density at radius 1 is 1.11 bits per heavy atom. The number of nitrogens with zero attached hydrogens (tertiary/aromatic N) is 2. The lowest BCUT2D eigenvalue weighted by Gasteiger charge is -2.30. The number of methoxy groups -OCH3 is 1. The Kier molecular flexibility index (Phi) is 4.95. The zero-order valence-corrected chi connectivity index (χ0v) is 16.2. The number of fused-ring (bicyclic) bond motifs is 1. The highest BCUT2D eigenvalue weighted by molar-refractivity contribution is 5.69. The molecule has 0 saturated carbocycles. The number of hydrogen-bond donors (Lipinski definition) is 2. The molecule has 0 bridgehead atoms. The van der Waals surface area contributed by atoms with E-state index in [0.29, 0.717) is 30.6 Å². The van der Waals surface area contributed by atoms with Gasteiger partial charge in [0, 0.05) is 17.7 Å². The molecule has 2 heterocycles. The van der Waals surface area contributed by atoms with E-state index in [4.69, 9.17) is 9.47 Å². The smallest absolute Gasteiger partial charge is 0.410 e. The molecule has 2 aromatic rings. The third-order valence-electron chi connectivity index (χ3n) is 4.55. The number of carbonyl (C=O) groups excluding carboxylic acids is 1. The maximum atomic E-state index is 12.3. The van der Waals surface area contributed by atoms with Crippen LogP contribution in [0.15, 0.2) is 24.3 Å². The van der Waals surface area contributed by atoms with Gasteiger partial charge in [0.25, 0.3) is 0 Å². The minimum Gasteiger partial charge on any atom is -0.497 e. The molecule has 0 unspecified atom stereocenters. The summed E-state index contributed by atoms with van der Waals surface area (Å²) in [5.74, 6) is 0.765. The second kappa shape index (κ2) is 7.06. The van der Waals surface area contributed by atoms with Crippen LogP contribution in [0.3, 0.4) is 0 Å². The van der Waals surface area contributed by atoms with Gasteiger partial charge in [-0.3, -0.25) is 4.57 Å². The van der Waals surface area contributed by atoms with Crippen LogP contribution in [-0.2, 0) is 24.2 Å². The van der Waals surface area contributed by atoms with Crippen molar-refractivity contribution in [2.75, 3.05) is 13.7 Å². The van der Waals surface area contributed by atoms with Crippen molar-refractivity contribution in [2.24, 2.45) is 0 Å². The first-order valence-corrected chi connectivity index (χ1v) is 8.92. The summed E-state index contributed by atoms with van der Waals surface area (Å²) in [6.07, 6.45) is 0.0405. The molecule has 7 heteroatoms. The number of rotatable bonds is 3. The molecule has 1 aliphatic rings. The van der Waals surface area contributed by atoms with E-state index in [2.05, 4.69) is 0 Å². The fourth-order valence-corrected chi connectivity index (χ4v) is 3.19. The zero-order valence-electron chi connectivity index (χ0n) is 16.2. The van der Waals surface area contributed by atoms with Crippen LogP contribution in [0.25, 0.3) is 0 Å². The maximum Gasteiger partial charge on any atom is 0.410 e. The van der Waals surface area contributed by atoms with Crippen LogP contribution in [-0.4, -0.2) is 45.0 Å². The maximum absolute atomic E-state index is 12.3. The third-order valence-corrected chi connectivity index (χ3v) is 4.55. The molecule has 1 amide bonds. The molecule has 27 heavy (non-hydrogen) atoms. The van der Waals surface area contributed by atoms with Gasteiger partial charge in [0.15, 0.2) is 11.8 Å². The lowest BCUT2D eigenvalue weighted by atomic mass is 10.0. The number of carbonyl (C=O) groups is 1. The fraction of sp³-hybridized carbons (Fsp3) is 0.450. The second-order valence-electron chi connectivity index (χ2n) is 7.69. The standard InChI is InChI=1S/C20H26N2O5/c1-20(2,3)27-19(25)21-10-9-15-16(12-21)18(24)22(17(15)23)11-13-5-7-14(26-4)8-6-13/h5-8,23-24H,9-12H2,1-4H3. The van der Waals surface area contributed by atoms with Gasteiger partial charge in [0.05, 0.1) is 20.2 Å². The van der Waals surface area contributed by atoms with Gasteiger partial charge < -0.3 is 24.6 Å². The Labute approximate surface area is 158 Å². The van der Waals surface area contributed by atoms with Crippen LogP contribution in [0.4, 0.5) is 4.79 Å². The van der Waals surface area contributed by atoms with E-state index in [-0.39, 0.29) is 18.3 Å². The van der Waals surface area contributed by atoms with Crippen molar-refractivity contribution < 1.29 is 24.5 Å². The Morgan fingerprint density at radius 2 is 1.74 bits per heavy atom. The average molecular weight is 374 g/mol. The molecule has 1 aromatic carbocycles. The third kappa shape index (κ3) is 3.97. The molecule has 2 N–H and O–H groups in total. The average Bonchev–Trinajstić information content (AvgIpc) is 2.85. The van der Waals surface area contributed by atoms with E-state index in [1.54, 1.807) is 12.0 Å². The first-order valence-electron chi connectivity index (χ1n) is 8.92. The van der Waals surface area contributed by atoms with Gasteiger partial charge in [-0.15, -0.1) is 0 Å². The Morgan fingerprint density at radius 3 is 2.33 bits per heavy atom. The zero-order chi connectivity index (χ0) is 19.8. The molecule has 0 saturated heterocycles. The summed E-state index contributed by atoms with van der Waals surface area (Å²) in [4.78, 5) is 13.9. The summed E-state index contributed by atoms with van der Waals surface area (Å²) in [5, 5.41) is 21.2. The lowest BCUT2D eigenvalue weighted by Crippen LogP contribution is -2.39. The van der Waals surface area contributed by atoms with Crippen LogP contribution in [0, 0.1) is 0 Å². The second-order valence-corrected chi connectivity index (χ2v) is 7.69. The topological polar surface area (TPSA) is 84.2 Å². The van der Waals surface area contributed by atoms with E-state index in [1.165, 1.54) is 4.57 Å². The van der Waals surface area contributed by atoms with Gasteiger partial charge in [0.1, 0.15) is 11.4 Å². The van der Waals surface area contributed by atoms with Gasteiger partial charge in [0.2, 0.25) is 0 Å². The highest BCUT2D eigenvalue weighted by Gasteiger charge is 2.32. The predicted molar refractivity (Wildman–Crippen MR) is 100 cm³/mol. The van der Waals surface area contributed by atoms with Crippen molar-refractivity contribution in [2.45, 2.75) is 45.9 Å². The van der Waals surface area contributed by atoms with E-state index >= 15 is 0 Å². The monoisotopic (exact) mass is 374 g/mol. The minimum absolute atomic E-state index is 0.0217. The Balaban J connectivity index is 1.81. The van der Waals surface area contributed by atoms with Crippen molar-refractivity contribution >= 4 is 6.09 Å². The molecule has 1 aromatic heterocycles. The molecule has 0 radical (unpaired) electrons. The number of benzene rings is 1. The van der Waals surface area contributed by atoms with E-state index < -0.39 is 11.7 Å². The highest BCUT2D eigenvalue weighted by Crippen LogP contribution is 2.38. The number of amides is 1. The van der Waals surface area contributed by atoms with Crippen molar-refractivity contribution in [3.63, 3.8) is 0 Å². The number of aromatic nitrogens is 1. The molecular weight excluding hydrogens is 348 g/mol. The number of aromatic hydroxyl groups is 2. The van der Waals surface area contributed by atoms with E-state index in [0.717, 1.165) is 11.3 Å². The first-order chi connectivity index (χ1) is 12.7. The summed E-state index contributed by atoms with van der Waals surface area (Å²) in [6.45, 7) is 6.40. The van der Waals surface area contributed by atoms with E-state index in [9.17, 15) is 15.0 Å². The summed E-state index contributed by atoms with van der Waals surface area (Å²) in [5.41, 5.74) is 1.58. The SMILES string of the molecule is COc1ccc(Cn2c(O)c3c(c2O)CN(C(=O)OC(C)(C)C)CC3)cc1. The van der Waals surface area contributed by atoms with Crippen LogP contribution >= 0.6 is 0 Å². The fourth-order valence-electron chi connectivity index (χ4n) is 3.19. The molecule has 3 rings (SSSR count). The molecule has 1 aliphatic heterocycles. The van der Waals surface area contributed by atoms with Crippen molar-refractivity contribution in [1.82, 2.24) is 9.47 Å². The molecule has 146 valence electrons. The normalized spacial score (nSPS) is 14.0. The quantitative estimate of drug-likeness (QED) is 0.862. The molecule has 0 atom stereocenters. The van der Waals surface area contributed by atoms with Crippen molar-refractivity contribution in [3.8, 4) is 17.5 Å². The molecule has 7 nitrogen and oxygen atoms in total. The Hall–Kier alpha value is -2.83. The summed E-state index contributed by atoms with van der Waals surface area (Å²) in [6, 6.07) is 7.42. The summed E-state index contributed by atoms with van der Waals surface area (Å²) in [7, 11) is 1.60. The van der Waals surface area contributed by atoms with Crippen LogP contribution in [0.1, 0.15) is 37.5 Å². The lowest BCUT2D eigenvalue weighted by molar-refractivity contribution is 0.0222. The summed E-state index contributed by atoms with van der Waals surface area (Å²) >= 11 is 0. The highest BCUT2D eigenvalue weighted by atomic mass is 16.6. The number of ether oxygens (including phenoxy) is 2. The van der Waals surface area contributed by atoms with Gasteiger partial charge >= 0.3 is 6.09 Å². The minimum atomic E-state index is -0.582. The van der Waals surface area contributed by atoms with Crippen LogP contribution in [0.2, 0.25) is 0 Å². The van der Waals surface area contributed by atoms with Gasteiger partial charge in [-0.25, -0.2) is 4.79 Å². The number of hydrogen-bond acceptors (Lipinski definition) is 5. The summed E-state index contributed by atoms with van der Waals surface area (Å²) < 4.78 is 12.0. The van der Waals surface area contributed by atoms with Crippen LogP contribution < -0.4 is 4.74 Å². The largest absolute Gasteiger partial charge is 0.497 e. The Bertz CT molecular complexity index is 834. The van der Waals surface area contributed by atoms with Gasteiger partial charge in [-0.1, -0.05) is 12.1 Å². The van der Waals surface area contributed by atoms with Crippen molar-refractivity contribution in [3.05, 3.63) is 41.0 Å². The molecular formula is C20H26N2O5.